The van der Waals surface area contributed by atoms with Gasteiger partial charge >= 0.3 is 0 Å². The Bertz CT molecular complexity index is 1390. The van der Waals surface area contributed by atoms with Crippen molar-refractivity contribution in [1.29, 1.82) is 5.41 Å². The number of nitrogens with zero attached hydrogens (tertiary/aromatic N) is 4. The molecule has 3 heterocycles. The number of rotatable bonds is 8. The molecule has 0 aliphatic carbocycles. The lowest BCUT2D eigenvalue weighted by molar-refractivity contribution is -0.114. The van der Waals surface area contributed by atoms with Gasteiger partial charge in [-0.25, -0.2) is 0 Å². The quantitative estimate of drug-likeness (QED) is 0.351. The van der Waals surface area contributed by atoms with Crippen molar-refractivity contribution < 1.29 is 9.53 Å². The van der Waals surface area contributed by atoms with Gasteiger partial charge in [0.05, 0.1) is 12.1 Å². The smallest absolute Gasteiger partial charge is 0.283 e. The minimum absolute atomic E-state index is 0.0343. The number of aromatic nitrogens is 1. The lowest BCUT2D eigenvalue weighted by atomic mass is 10.0. The van der Waals surface area contributed by atoms with Crippen LogP contribution in [-0.2, 0) is 17.1 Å². The van der Waals surface area contributed by atoms with Gasteiger partial charge in [-0.1, -0.05) is 68.1 Å². The number of hydrogen-bond acceptors (Lipinski definition) is 6. The maximum atomic E-state index is 12.8. The summed E-state index contributed by atoms with van der Waals surface area (Å²) in [6.45, 7) is 5.42. The fourth-order valence-corrected chi connectivity index (χ4v) is 5.76. The van der Waals surface area contributed by atoms with Crippen LogP contribution in [0.15, 0.2) is 88.6 Å². The van der Waals surface area contributed by atoms with E-state index in [2.05, 4.69) is 48.2 Å². The molecule has 7 nitrogen and oxygen atoms in total. The minimum Gasteiger partial charge on any atom is -0.492 e. The van der Waals surface area contributed by atoms with Crippen LogP contribution in [0.5, 0.6) is 5.75 Å². The first-order valence-corrected chi connectivity index (χ1v) is 13.8. The number of thioether (sulfide) groups is 2. The fraction of sp³-hybridized carbons (Fsp3) is 0.214. The second-order valence-corrected chi connectivity index (χ2v) is 11.0. The summed E-state index contributed by atoms with van der Waals surface area (Å²) >= 11 is 2.89. The average Bonchev–Trinajstić information content (AvgIpc) is 3.53. The highest BCUT2D eigenvalue weighted by molar-refractivity contribution is 8.45. The van der Waals surface area contributed by atoms with E-state index < -0.39 is 5.91 Å². The van der Waals surface area contributed by atoms with Crippen molar-refractivity contribution in [3.63, 3.8) is 0 Å². The molecule has 3 aromatic rings. The van der Waals surface area contributed by atoms with E-state index in [1.54, 1.807) is 17.8 Å². The number of carbonyl (C=O) groups excluding carboxylic acids is 1. The summed E-state index contributed by atoms with van der Waals surface area (Å²) in [5.74, 6) is 1.67. The van der Waals surface area contributed by atoms with Crippen molar-refractivity contribution in [1.82, 2.24) is 9.58 Å². The number of hydrazone groups is 1. The zero-order valence-corrected chi connectivity index (χ0v) is 22.3. The molecule has 0 saturated carbocycles. The van der Waals surface area contributed by atoms with Gasteiger partial charge in [-0.3, -0.25) is 10.2 Å². The molecule has 0 bridgehead atoms. The SMILES string of the molecule is CC(C)c1ccc(OCCn2cccc2/C=C2/C(=N)N3N=C(SCc4ccccc4)SC3=NC2=O)cc1. The Hall–Kier alpha value is -3.56. The van der Waals surface area contributed by atoms with Gasteiger partial charge in [0, 0.05) is 17.6 Å². The van der Waals surface area contributed by atoms with Crippen LogP contribution in [0.3, 0.4) is 0 Å². The number of aliphatic imine (C=N–C) groups is 1. The highest BCUT2D eigenvalue weighted by atomic mass is 32.2. The van der Waals surface area contributed by atoms with Gasteiger partial charge in [-0.15, -0.1) is 5.10 Å². The number of hydrogen-bond donors (Lipinski definition) is 1. The van der Waals surface area contributed by atoms with E-state index in [-0.39, 0.29) is 11.4 Å². The zero-order valence-electron chi connectivity index (χ0n) is 20.6. The maximum Gasteiger partial charge on any atom is 0.283 e. The third kappa shape index (κ3) is 5.89. The molecule has 1 aromatic heterocycles. The molecular formula is C28H27N5O2S2. The highest BCUT2D eigenvalue weighted by Crippen LogP contribution is 2.33. The molecule has 0 atom stereocenters. The fourth-order valence-electron chi connectivity index (χ4n) is 3.87. The van der Waals surface area contributed by atoms with Crippen LogP contribution in [0.25, 0.3) is 6.08 Å². The van der Waals surface area contributed by atoms with Crippen molar-refractivity contribution in [3.8, 4) is 5.75 Å². The number of ether oxygens (including phenoxy) is 1. The molecule has 37 heavy (non-hydrogen) atoms. The van der Waals surface area contributed by atoms with E-state index in [0.29, 0.717) is 24.2 Å². The van der Waals surface area contributed by atoms with Crippen molar-refractivity contribution in [2.75, 3.05) is 6.61 Å². The van der Waals surface area contributed by atoms with Crippen LogP contribution >= 0.6 is 23.5 Å². The minimum atomic E-state index is -0.428. The molecule has 9 heteroatoms. The van der Waals surface area contributed by atoms with E-state index in [0.717, 1.165) is 21.6 Å². The van der Waals surface area contributed by atoms with Crippen LogP contribution in [0.2, 0.25) is 0 Å². The predicted molar refractivity (Wildman–Crippen MR) is 153 cm³/mol. The second kappa shape index (κ2) is 11.2. The predicted octanol–water partition coefficient (Wildman–Crippen LogP) is 6.20. The monoisotopic (exact) mass is 529 g/mol. The Morgan fingerprint density at radius 3 is 2.62 bits per heavy atom. The van der Waals surface area contributed by atoms with Gasteiger partial charge in [-0.05, 0) is 59.1 Å². The van der Waals surface area contributed by atoms with Gasteiger partial charge in [0.2, 0.25) is 5.17 Å². The first kappa shape index (κ1) is 25.1. The molecule has 2 aliphatic rings. The van der Waals surface area contributed by atoms with E-state index in [1.165, 1.54) is 27.9 Å². The Labute approximate surface area is 224 Å². The lowest BCUT2D eigenvalue weighted by Gasteiger charge is -2.20. The lowest BCUT2D eigenvalue weighted by Crippen LogP contribution is -2.35. The molecule has 0 saturated heterocycles. The molecule has 5 rings (SSSR count). The Morgan fingerprint density at radius 1 is 1.08 bits per heavy atom. The maximum absolute atomic E-state index is 12.8. The normalized spacial score (nSPS) is 16.3. The summed E-state index contributed by atoms with van der Waals surface area (Å²) in [7, 11) is 0. The zero-order chi connectivity index (χ0) is 25.8. The molecule has 0 radical (unpaired) electrons. The molecule has 1 N–H and O–H groups in total. The van der Waals surface area contributed by atoms with E-state index >= 15 is 0 Å². The molecule has 0 spiro atoms. The number of benzene rings is 2. The van der Waals surface area contributed by atoms with Gasteiger partial charge in [0.1, 0.15) is 12.4 Å². The molecule has 188 valence electrons. The van der Waals surface area contributed by atoms with Gasteiger partial charge in [0.25, 0.3) is 5.91 Å². The van der Waals surface area contributed by atoms with Crippen molar-refractivity contribution >= 4 is 50.9 Å². The first-order chi connectivity index (χ1) is 18.0. The van der Waals surface area contributed by atoms with Crippen LogP contribution in [0.4, 0.5) is 0 Å². The van der Waals surface area contributed by atoms with Crippen LogP contribution in [0, 0.1) is 5.41 Å². The molecule has 2 aliphatic heterocycles. The third-order valence-corrected chi connectivity index (χ3v) is 8.06. The number of amides is 1. The number of carbonyl (C=O) groups is 1. The standard InChI is InChI=1S/C28H27N5O2S2/c1-19(2)21-10-12-23(13-11-21)35-16-15-32-14-6-9-22(32)17-24-25(29)33-27(30-26(24)34)37-28(31-33)36-18-20-7-4-3-5-8-20/h3-14,17,19,29H,15-16,18H2,1-2H3/b24-17-,29-25?. The molecule has 0 unspecified atom stereocenters. The van der Waals surface area contributed by atoms with Gasteiger partial charge < -0.3 is 9.30 Å². The summed E-state index contributed by atoms with van der Waals surface area (Å²) in [5.41, 5.74) is 3.49. The first-order valence-electron chi connectivity index (χ1n) is 12.0. The van der Waals surface area contributed by atoms with Crippen LogP contribution < -0.4 is 4.74 Å². The summed E-state index contributed by atoms with van der Waals surface area (Å²) in [5, 5.41) is 15.1. The third-order valence-electron chi connectivity index (χ3n) is 5.95. The van der Waals surface area contributed by atoms with E-state index in [4.69, 9.17) is 10.1 Å². The largest absolute Gasteiger partial charge is 0.492 e. The summed E-state index contributed by atoms with van der Waals surface area (Å²) in [6.07, 6.45) is 3.64. The van der Waals surface area contributed by atoms with Gasteiger partial charge in [-0.2, -0.15) is 10.0 Å². The highest BCUT2D eigenvalue weighted by Gasteiger charge is 2.36. The summed E-state index contributed by atoms with van der Waals surface area (Å²) in [6, 6.07) is 22.1. The Balaban J connectivity index is 1.23. The van der Waals surface area contributed by atoms with Crippen molar-refractivity contribution in [2.24, 2.45) is 10.1 Å². The second-order valence-electron chi connectivity index (χ2n) is 8.86. The molecule has 0 fully saturated rings. The summed E-state index contributed by atoms with van der Waals surface area (Å²) < 4.78 is 8.69. The topological polar surface area (TPSA) is 83.0 Å². The van der Waals surface area contributed by atoms with Crippen LogP contribution in [-0.4, -0.2) is 37.5 Å². The van der Waals surface area contributed by atoms with Crippen molar-refractivity contribution in [2.45, 2.75) is 32.1 Å². The Morgan fingerprint density at radius 2 is 1.86 bits per heavy atom. The summed E-state index contributed by atoms with van der Waals surface area (Å²) in [4.78, 5) is 17.0. The van der Waals surface area contributed by atoms with E-state index in [1.807, 2.05) is 53.2 Å². The van der Waals surface area contributed by atoms with Crippen LogP contribution in [0.1, 0.15) is 36.6 Å². The Kier molecular flexibility index (Phi) is 7.62. The number of fused-ring (bicyclic) bond motifs is 1. The number of amidine groups is 2. The number of nitrogens with one attached hydrogen (secondary N) is 1. The molecular weight excluding hydrogens is 502 g/mol. The van der Waals surface area contributed by atoms with Crippen molar-refractivity contribution in [3.05, 3.63) is 95.3 Å². The van der Waals surface area contributed by atoms with E-state index in [9.17, 15) is 4.79 Å². The average molecular weight is 530 g/mol. The van der Waals surface area contributed by atoms with Gasteiger partial charge in [0.15, 0.2) is 10.2 Å². The molecule has 1 amide bonds. The molecule has 2 aromatic carbocycles.